The minimum atomic E-state index is -4.01. The summed E-state index contributed by atoms with van der Waals surface area (Å²) in [5, 5.41) is 0. The standard InChI is InChI=1S/C22H22O6S/c1-17(28-29(24,25)19-12-7-4-8-13-19)22(2,20-14-9-15-26-20)16-27-21(23)18-10-5-3-6-11-18/h3-15,17H,16H2,1-2H3. The van der Waals surface area contributed by atoms with Gasteiger partial charge in [-0.2, -0.15) is 8.42 Å². The maximum atomic E-state index is 12.7. The molecule has 0 radical (unpaired) electrons. The highest BCUT2D eigenvalue weighted by Crippen LogP contribution is 2.33. The fraction of sp³-hybridized carbons (Fsp3) is 0.227. The molecule has 0 amide bonds. The molecule has 152 valence electrons. The molecular weight excluding hydrogens is 392 g/mol. The second-order valence-corrected chi connectivity index (χ2v) is 8.41. The molecule has 2 unspecified atom stereocenters. The summed E-state index contributed by atoms with van der Waals surface area (Å²) in [4.78, 5) is 12.4. The van der Waals surface area contributed by atoms with Gasteiger partial charge in [-0.05, 0) is 50.2 Å². The van der Waals surface area contributed by atoms with Crippen LogP contribution in [0.5, 0.6) is 0 Å². The lowest BCUT2D eigenvalue weighted by molar-refractivity contribution is 0.0201. The van der Waals surface area contributed by atoms with E-state index in [9.17, 15) is 13.2 Å². The zero-order chi connectivity index (χ0) is 20.9. The molecule has 3 aromatic rings. The summed E-state index contributed by atoms with van der Waals surface area (Å²) in [6, 6.07) is 19.8. The van der Waals surface area contributed by atoms with Crippen LogP contribution in [0, 0.1) is 0 Å². The monoisotopic (exact) mass is 414 g/mol. The second kappa shape index (κ2) is 8.63. The zero-order valence-electron chi connectivity index (χ0n) is 16.1. The van der Waals surface area contributed by atoms with Crippen LogP contribution in [0.1, 0.15) is 30.0 Å². The van der Waals surface area contributed by atoms with Gasteiger partial charge < -0.3 is 9.15 Å². The van der Waals surface area contributed by atoms with Gasteiger partial charge in [0.25, 0.3) is 10.1 Å². The highest BCUT2D eigenvalue weighted by molar-refractivity contribution is 7.86. The average molecular weight is 414 g/mol. The zero-order valence-corrected chi connectivity index (χ0v) is 17.0. The second-order valence-electron chi connectivity index (χ2n) is 6.84. The maximum absolute atomic E-state index is 12.7. The number of carbonyl (C=O) groups is 1. The molecule has 6 nitrogen and oxygen atoms in total. The normalized spacial score (nSPS) is 14.7. The number of furan rings is 1. The molecular formula is C22H22O6S. The Kier molecular flexibility index (Phi) is 6.20. The van der Waals surface area contributed by atoms with Crippen molar-refractivity contribution in [3.63, 3.8) is 0 Å². The Bertz CT molecular complexity index is 1030. The Balaban J connectivity index is 1.82. The van der Waals surface area contributed by atoms with Gasteiger partial charge in [-0.1, -0.05) is 36.4 Å². The van der Waals surface area contributed by atoms with Gasteiger partial charge in [0.1, 0.15) is 12.4 Å². The van der Waals surface area contributed by atoms with Crippen molar-refractivity contribution in [3.8, 4) is 0 Å². The molecule has 0 spiro atoms. The molecule has 1 heterocycles. The van der Waals surface area contributed by atoms with Crippen molar-refractivity contribution >= 4 is 16.1 Å². The van der Waals surface area contributed by atoms with Gasteiger partial charge in [0.15, 0.2) is 0 Å². The summed E-state index contributed by atoms with van der Waals surface area (Å²) >= 11 is 0. The van der Waals surface area contributed by atoms with Crippen LogP contribution in [0.4, 0.5) is 0 Å². The van der Waals surface area contributed by atoms with Crippen molar-refractivity contribution in [3.05, 3.63) is 90.4 Å². The van der Waals surface area contributed by atoms with Crippen molar-refractivity contribution in [2.75, 3.05) is 6.61 Å². The van der Waals surface area contributed by atoms with E-state index in [1.807, 2.05) is 0 Å². The minimum absolute atomic E-state index is 0.0509. The van der Waals surface area contributed by atoms with Gasteiger partial charge in [0.2, 0.25) is 0 Å². The fourth-order valence-electron chi connectivity index (χ4n) is 2.80. The SMILES string of the molecule is CC(OS(=O)(=O)c1ccccc1)C(C)(COC(=O)c1ccccc1)c1ccco1. The van der Waals surface area contributed by atoms with E-state index in [1.54, 1.807) is 74.5 Å². The summed E-state index contributed by atoms with van der Waals surface area (Å²) in [5.74, 6) is -0.0596. The van der Waals surface area contributed by atoms with Crippen LogP contribution in [-0.2, 0) is 24.5 Å². The van der Waals surface area contributed by atoms with E-state index in [4.69, 9.17) is 13.3 Å². The van der Waals surface area contributed by atoms with E-state index in [0.717, 1.165) is 0 Å². The van der Waals surface area contributed by atoms with E-state index in [0.29, 0.717) is 11.3 Å². The Hall–Kier alpha value is -2.90. The quantitative estimate of drug-likeness (QED) is 0.406. The summed E-state index contributed by atoms with van der Waals surface area (Å²) in [5.41, 5.74) is -0.629. The third-order valence-electron chi connectivity index (χ3n) is 4.80. The molecule has 0 N–H and O–H groups in total. The molecule has 0 aliphatic rings. The van der Waals surface area contributed by atoms with Crippen LogP contribution in [0.25, 0.3) is 0 Å². The molecule has 1 aromatic heterocycles. The van der Waals surface area contributed by atoms with Gasteiger partial charge in [0.05, 0.1) is 28.2 Å². The third kappa shape index (κ3) is 4.75. The first-order valence-electron chi connectivity index (χ1n) is 9.07. The lowest BCUT2D eigenvalue weighted by Crippen LogP contribution is -2.42. The fourth-order valence-corrected chi connectivity index (χ4v) is 4.00. The number of hydrogen-bond donors (Lipinski definition) is 0. The van der Waals surface area contributed by atoms with Gasteiger partial charge in [-0.3, -0.25) is 4.18 Å². The number of rotatable bonds is 8. The van der Waals surface area contributed by atoms with Crippen LogP contribution in [-0.4, -0.2) is 27.1 Å². The van der Waals surface area contributed by atoms with Crippen LogP contribution < -0.4 is 0 Å². The molecule has 29 heavy (non-hydrogen) atoms. The van der Waals surface area contributed by atoms with Crippen molar-refractivity contribution in [2.45, 2.75) is 30.3 Å². The van der Waals surface area contributed by atoms with Gasteiger partial charge >= 0.3 is 5.97 Å². The number of benzene rings is 2. The summed E-state index contributed by atoms with van der Waals surface area (Å²) in [6.45, 7) is 3.22. The van der Waals surface area contributed by atoms with E-state index in [-0.39, 0.29) is 11.5 Å². The molecule has 0 fully saturated rings. The van der Waals surface area contributed by atoms with E-state index in [2.05, 4.69) is 0 Å². The largest absolute Gasteiger partial charge is 0.469 e. The van der Waals surface area contributed by atoms with Crippen molar-refractivity contribution in [2.24, 2.45) is 0 Å². The molecule has 0 aliphatic carbocycles. The predicted octanol–water partition coefficient (Wildman–Crippen LogP) is 4.19. The highest BCUT2D eigenvalue weighted by atomic mass is 32.2. The van der Waals surface area contributed by atoms with E-state index >= 15 is 0 Å². The molecule has 0 aliphatic heterocycles. The molecule has 0 saturated heterocycles. The summed E-state index contributed by atoms with van der Waals surface area (Å²) in [6.07, 6.45) is 0.604. The Morgan fingerprint density at radius 2 is 1.62 bits per heavy atom. The Morgan fingerprint density at radius 3 is 2.21 bits per heavy atom. The molecule has 7 heteroatoms. The third-order valence-corrected chi connectivity index (χ3v) is 6.19. The number of ether oxygens (including phenoxy) is 1. The average Bonchev–Trinajstić information content (AvgIpc) is 3.28. The van der Waals surface area contributed by atoms with Crippen LogP contribution in [0.15, 0.2) is 88.4 Å². The lowest BCUT2D eigenvalue weighted by Gasteiger charge is -2.32. The number of hydrogen-bond acceptors (Lipinski definition) is 6. The molecule has 0 saturated carbocycles. The smallest absolute Gasteiger partial charge is 0.338 e. The van der Waals surface area contributed by atoms with E-state index < -0.39 is 27.6 Å². The van der Waals surface area contributed by atoms with E-state index in [1.165, 1.54) is 18.4 Å². The first-order chi connectivity index (χ1) is 13.8. The highest BCUT2D eigenvalue weighted by Gasteiger charge is 2.41. The number of carbonyl (C=O) groups excluding carboxylic acids is 1. The van der Waals surface area contributed by atoms with Crippen molar-refractivity contribution in [1.29, 1.82) is 0 Å². The Morgan fingerprint density at radius 1 is 1.00 bits per heavy atom. The number of esters is 1. The first-order valence-corrected chi connectivity index (χ1v) is 10.5. The topological polar surface area (TPSA) is 82.8 Å². The van der Waals surface area contributed by atoms with Crippen LogP contribution >= 0.6 is 0 Å². The molecule has 2 aromatic carbocycles. The first kappa shape index (κ1) is 20.8. The lowest BCUT2D eigenvalue weighted by atomic mass is 9.83. The van der Waals surface area contributed by atoms with Crippen LogP contribution in [0.3, 0.4) is 0 Å². The minimum Gasteiger partial charge on any atom is -0.469 e. The van der Waals surface area contributed by atoms with Gasteiger partial charge in [0, 0.05) is 0 Å². The molecule has 3 rings (SSSR count). The molecule has 0 bridgehead atoms. The van der Waals surface area contributed by atoms with Crippen molar-refractivity contribution in [1.82, 2.24) is 0 Å². The van der Waals surface area contributed by atoms with Crippen molar-refractivity contribution < 1.29 is 26.5 Å². The summed E-state index contributed by atoms with van der Waals surface area (Å²) in [7, 11) is -4.01. The van der Waals surface area contributed by atoms with Gasteiger partial charge in [-0.25, -0.2) is 4.79 Å². The summed E-state index contributed by atoms with van der Waals surface area (Å²) < 4.78 is 41.8. The predicted molar refractivity (Wildman–Crippen MR) is 107 cm³/mol. The Labute approximate surface area is 170 Å². The molecule has 2 atom stereocenters. The maximum Gasteiger partial charge on any atom is 0.338 e. The van der Waals surface area contributed by atoms with Gasteiger partial charge in [-0.15, -0.1) is 0 Å². The van der Waals surface area contributed by atoms with Crippen LogP contribution in [0.2, 0.25) is 0 Å².